The average Bonchev–Trinajstić information content (AvgIpc) is 2.56. The molecule has 1 fully saturated rings. The summed E-state index contributed by atoms with van der Waals surface area (Å²) < 4.78 is 42.0. The first kappa shape index (κ1) is 15.7. The molecule has 0 radical (unpaired) electrons. The van der Waals surface area contributed by atoms with Crippen LogP contribution in [0.1, 0.15) is 11.7 Å². The molecule has 1 N–H and O–H groups in total. The molecule has 7 heteroatoms. The molecule has 2 atom stereocenters. The summed E-state index contributed by atoms with van der Waals surface area (Å²) in [5.74, 6) is -0.713. The smallest absolute Gasteiger partial charge is 0.147 e. The number of hydrogen-bond donors (Lipinski definition) is 1. The molecule has 1 aliphatic rings. The second-order valence-corrected chi connectivity index (χ2v) is 7.61. The van der Waals surface area contributed by atoms with Crippen LogP contribution < -0.4 is 5.32 Å². The number of hydrogen-bond acceptors (Lipinski definition) is 4. The van der Waals surface area contributed by atoms with Crippen LogP contribution in [0.3, 0.4) is 0 Å². The molecular weight excluding hydrogens is 305 g/mol. The van der Waals surface area contributed by atoms with Crippen LogP contribution in [0.25, 0.3) is 0 Å². The molecule has 1 aromatic carbocycles. The SMILES string of the molecule is CS(=O)(=O)C[C@@H]1CNCCO[C@H]1c1ccc(F)c(Cl)c1. The van der Waals surface area contributed by atoms with E-state index < -0.39 is 21.8 Å². The summed E-state index contributed by atoms with van der Waals surface area (Å²) >= 11 is 5.79. The van der Waals surface area contributed by atoms with E-state index in [9.17, 15) is 12.8 Å². The van der Waals surface area contributed by atoms with E-state index in [1.807, 2.05) is 0 Å². The van der Waals surface area contributed by atoms with E-state index >= 15 is 0 Å². The Bertz CT molecular complexity index is 579. The third-order valence-corrected chi connectivity index (χ3v) is 4.52. The Morgan fingerprint density at radius 2 is 2.25 bits per heavy atom. The Labute approximate surface area is 123 Å². The van der Waals surface area contributed by atoms with Crippen molar-refractivity contribution in [2.75, 3.05) is 31.7 Å². The fourth-order valence-corrected chi connectivity index (χ4v) is 3.64. The summed E-state index contributed by atoms with van der Waals surface area (Å²) in [7, 11) is -3.13. The molecular formula is C13H17ClFNO3S. The van der Waals surface area contributed by atoms with Crippen LogP contribution in [0.2, 0.25) is 5.02 Å². The van der Waals surface area contributed by atoms with E-state index in [0.29, 0.717) is 25.3 Å². The third-order valence-electron chi connectivity index (χ3n) is 3.20. The fraction of sp³-hybridized carbons (Fsp3) is 0.538. The highest BCUT2D eigenvalue weighted by atomic mass is 35.5. The monoisotopic (exact) mass is 321 g/mol. The molecule has 0 spiro atoms. The Balaban J connectivity index is 2.29. The number of benzene rings is 1. The van der Waals surface area contributed by atoms with Crippen molar-refractivity contribution in [2.24, 2.45) is 5.92 Å². The standard InChI is InChI=1S/C13H17ClFNO3S/c1-20(17,18)8-10-7-16-4-5-19-13(10)9-2-3-12(15)11(14)6-9/h2-3,6,10,13,16H,4-5,7-8H2,1H3/t10-,13-/m0/s1. The first-order valence-electron chi connectivity index (χ1n) is 6.32. The summed E-state index contributed by atoms with van der Waals surface area (Å²) in [5, 5.41) is 3.16. The molecule has 2 rings (SSSR count). The molecule has 0 aromatic heterocycles. The van der Waals surface area contributed by atoms with Crippen LogP contribution in [0.15, 0.2) is 18.2 Å². The van der Waals surface area contributed by atoms with Gasteiger partial charge in [0.15, 0.2) is 0 Å². The zero-order chi connectivity index (χ0) is 14.8. The Hall–Kier alpha value is -0.690. The third kappa shape index (κ3) is 4.15. The summed E-state index contributed by atoms with van der Waals surface area (Å²) in [5.41, 5.74) is 0.703. The highest BCUT2D eigenvalue weighted by Crippen LogP contribution is 2.30. The van der Waals surface area contributed by atoms with E-state index in [1.54, 1.807) is 6.07 Å². The zero-order valence-electron chi connectivity index (χ0n) is 11.1. The van der Waals surface area contributed by atoms with Gasteiger partial charge in [0.25, 0.3) is 0 Å². The highest BCUT2D eigenvalue weighted by Gasteiger charge is 2.29. The lowest BCUT2D eigenvalue weighted by Gasteiger charge is -2.24. The van der Waals surface area contributed by atoms with Gasteiger partial charge in [0.05, 0.1) is 23.5 Å². The van der Waals surface area contributed by atoms with Crippen molar-refractivity contribution in [2.45, 2.75) is 6.10 Å². The van der Waals surface area contributed by atoms with Gasteiger partial charge in [-0.15, -0.1) is 0 Å². The maximum atomic E-state index is 13.2. The molecule has 0 aliphatic carbocycles. The molecule has 1 aliphatic heterocycles. The number of rotatable bonds is 3. The van der Waals surface area contributed by atoms with Crippen LogP contribution in [-0.2, 0) is 14.6 Å². The molecule has 112 valence electrons. The Morgan fingerprint density at radius 1 is 1.50 bits per heavy atom. The molecule has 0 saturated carbocycles. The lowest BCUT2D eigenvalue weighted by atomic mass is 9.97. The quantitative estimate of drug-likeness (QED) is 0.922. The maximum Gasteiger partial charge on any atom is 0.147 e. The van der Waals surface area contributed by atoms with Gasteiger partial charge in [0, 0.05) is 25.3 Å². The molecule has 1 aromatic rings. The Morgan fingerprint density at radius 3 is 2.90 bits per heavy atom. The summed E-state index contributed by atoms with van der Waals surface area (Å²) in [6, 6.07) is 4.37. The number of sulfone groups is 1. The van der Waals surface area contributed by atoms with Gasteiger partial charge in [-0.25, -0.2) is 12.8 Å². The van der Waals surface area contributed by atoms with Gasteiger partial charge in [-0.3, -0.25) is 0 Å². The predicted molar refractivity (Wildman–Crippen MR) is 76.2 cm³/mol. The van der Waals surface area contributed by atoms with E-state index in [2.05, 4.69) is 5.32 Å². The second kappa shape index (κ2) is 6.39. The zero-order valence-corrected chi connectivity index (χ0v) is 12.7. The average molecular weight is 322 g/mol. The topological polar surface area (TPSA) is 55.4 Å². The van der Waals surface area contributed by atoms with Gasteiger partial charge in [-0.05, 0) is 17.7 Å². The summed E-state index contributed by atoms with van der Waals surface area (Å²) in [4.78, 5) is 0. The normalized spacial score (nSPS) is 24.4. The van der Waals surface area contributed by atoms with E-state index in [4.69, 9.17) is 16.3 Å². The van der Waals surface area contributed by atoms with Crippen molar-refractivity contribution < 1.29 is 17.5 Å². The van der Waals surface area contributed by atoms with Crippen molar-refractivity contribution >= 4 is 21.4 Å². The summed E-state index contributed by atoms with van der Waals surface area (Å²) in [6.07, 6.45) is 0.796. The van der Waals surface area contributed by atoms with Crippen molar-refractivity contribution in [1.82, 2.24) is 5.32 Å². The van der Waals surface area contributed by atoms with Gasteiger partial charge in [0.2, 0.25) is 0 Å². The van der Waals surface area contributed by atoms with Crippen LogP contribution in [0.4, 0.5) is 4.39 Å². The second-order valence-electron chi connectivity index (χ2n) is 5.02. The van der Waals surface area contributed by atoms with Crippen LogP contribution >= 0.6 is 11.6 Å². The van der Waals surface area contributed by atoms with Crippen LogP contribution in [-0.4, -0.2) is 40.1 Å². The maximum absolute atomic E-state index is 13.2. The van der Waals surface area contributed by atoms with Gasteiger partial charge < -0.3 is 10.1 Å². The van der Waals surface area contributed by atoms with Crippen LogP contribution in [0.5, 0.6) is 0 Å². The number of ether oxygens (including phenoxy) is 1. The minimum atomic E-state index is -3.13. The first-order chi connectivity index (χ1) is 9.37. The minimum absolute atomic E-state index is 0.0136. The molecule has 0 unspecified atom stereocenters. The Kier molecular flexibility index (Phi) is 5.01. The summed E-state index contributed by atoms with van der Waals surface area (Å²) in [6.45, 7) is 1.67. The van der Waals surface area contributed by atoms with Crippen molar-refractivity contribution in [3.05, 3.63) is 34.6 Å². The first-order valence-corrected chi connectivity index (χ1v) is 8.75. The molecule has 0 bridgehead atoms. The molecule has 20 heavy (non-hydrogen) atoms. The van der Waals surface area contributed by atoms with Crippen LogP contribution in [0, 0.1) is 11.7 Å². The largest absolute Gasteiger partial charge is 0.372 e. The fourth-order valence-electron chi connectivity index (χ4n) is 2.38. The van der Waals surface area contributed by atoms with E-state index in [0.717, 1.165) is 0 Å². The lowest BCUT2D eigenvalue weighted by molar-refractivity contribution is 0.0369. The number of halogens is 2. The van der Waals surface area contributed by atoms with Crippen molar-refractivity contribution in [1.29, 1.82) is 0 Å². The molecule has 1 heterocycles. The van der Waals surface area contributed by atoms with Gasteiger partial charge in [0.1, 0.15) is 15.7 Å². The van der Waals surface area contributed by atoms with Gasteiger partial charge >= 0.3 is 0 Å². The van der Waals surface area contributed by atoms with Crippen molar-refractivity contribution in [3.8, 4) is 0 Å². The molecule has 4 nitrogen and oxygen atoms in total. The van der Waals surface area contributed by atoms with Crippen molar-refractivity contribution in [3.63, 3.8) is 0 Å². The predicted octanol–water partition coefficient (Wildman–Crippen LogP) is 1.80. The highest BCUT2D eigenvalue weighted by molar-refractivity contribution is 7.90. The van der Waals surface area contributed by atoms with E-state index in [-0.39, 0.29) is 16.7 Å². The van der Waals surface area contributed by atoms with Gasteiger partial charge in [-0.2, -0.15) is 0 Å². The molecule has 1 saturated heterocycles. The lowest BCUT2D eigenvalue weighted by Crippen LogP contribution is -2.30. The minimum Gasteiger partial charge on any atom is -0.372 e. The molecule has 0 amide bonds. The van der Waals surface area contributed by atoms with E-state index in [1.165, 1.54) is 18.4 Å². The number of nitrogens with one attached hydrogen (secondary N) is 1. The van der Waals surface area contributed by atoms with Gasteiger partial charge in [-0.1, -0.05) is 17.7 Å².